The maximum atomic E-state index is 12.4. The van der Waals surface area contributed by atoms with Crippen LogP contribution in [-0.2, 0) is 9.59 Å². The Morgan fingerprint density at radius 2 is 2.20 bits per heavy atom. The molecule has 25 heavy (non-hydrogen) atoms. The molecule has 9 heteroatoms. The number of hydrogen-bond donors (Lipinski definition) is 1. The van der Waals surface area contributed by atoms with Crippen LogP contribution in [0.15, 0.2) is 28.6 Å². The van der Waals surface area contributed by atoms with E-state index in [9.17, 15) is 14.4 Å². The molecule has 130 valence electrons. The number of carbonyl (C=O) groups is 3. The molecule has 2 aromatic rings. The second kappa shape index (κ2) is 6.64. The minimum Gasteiger partial charge on any atom is -0.340 e. The van der Waals surface area contributed by atoms with Gasteiger partial charge in [-0.3, -0.25) is 14.5 Å². The van der Waals surface area contributed by atoms with Crippen LogP contribution in [0.3, 0.4) is 0 Å². The molecule has 2 fully saturated rings. The summed E-state index contributed by atoms with van der Waals surface area (Å²) in [6, 6.07) is 7.32. The minimum absolute atomic E-state index is 0.0128. The number of rotatable bonds is 4. The molecule has 0 spiro atoms. The van der Waals surface area contributed by atoms with Crippen LogP contribution in [0, 0.1) is 0 Å². The highest BCUT2D eigenvalue weighted by Gasteiger charge is 2.39. The number of benzene rings is 1. The topological polar surface area (TPSA) is 82.6 Å². The highest BCUT2D eigenvalue weighted by Crippen LogP contribution is 2.29. The maximum Gasteiger partial charge on any atom is 0.324 e. The number of likely N-dealkylation sites (tertiary alicyclic amines) is 1. The molecule has 2 aliphatic heterocycles. The van der Waals surface area contributed by atoms with E-state index in [0.29, 0.717) is 25.3 Å². The Morgan fingerprint density at radius 3 is 2.96 bits per heavy atom. The van der Waals surface area contributed by atoms with E-state index in [4.69, 9.17) is 0 Å². The van der Waals surface area contributed by atoms with Crippen LogP contribution in [0.2, 0.25) is 0 Å². The number of amides is 4. The van der Waals surface area contributed by atoms with Crippen molar-refractivity contribution in [1.82, 2.24) is 20.1 Å². The Bertz CT molecular complexity index is 804. The molecule has 2 aliphatic rings. The zero-order chi connectivity index (χ0) is 17.4. The van der Waals surface area contributed by atoms with Crippen LogP contribution in [0.25, 0.3) is 10.2 Å². The van der Waals surface area contributed by atoms with E-state index in [2.05, 4.69) is 10.3 Å². The van der Waals surface area contributed by atoms with Crippen LogP contribution in [0.1, 0.15) is 6.42 Å². The van der Waals surface area contributed by atoms with Gasteiger partial charge in [0.1, 0.15) is 0 Å². The summed E-state index contributed by atoms with van der Waals surface area (Å²) in [6.07, 6.45) is 0.636. The summed E-state index contributed by atoms with van der Waals surface area (Å²) >= 11 is 3.01. The molecule has 0 radical (unpaired) electrons. The summed E-state index contributed by atoms with van der Waals surface area (Å²) < 4.78 is 1.98. The van der Waals surface area contributed by atoms with Gasteiger partial charge in [-0.1, -0.05) is 23.9 Å². The average Bonchev–Trinajstić information content (AvgIpc) is 3.31. The summed E-state index contributed by atoms with van der Waals surface area (Å²) in [7, 11) is 0. The smallest absolute Gasteiger partial charge is 0.324 e. The van der Waals surface area contributed by atoms with E-state index in [1.54, 1.807) is 16.2 Å². The lowest BCUT2D eigenvalue weighted by Crippen LogP contribution is -2.43. The number of fused-ring (bicyclic) bond motifs is 1. The lowest BCUT2D eigenvalue weighted by molar-refractivity contribution is -0.129. The maximum absolute atomic E-state index is 12.4. The summed E-state index contributed by atoms with van der Waals surface area (Å²) in [4.78, 5) is 43.4. The van der Waals surface area contributed by atoms with Crippen molar-refractivity contribution in [2.75, 3.05) is 25.4 Å². The zero-order valence-corrected chi connectivity index (χ0v) is 14.9. The quantitative estimate of drug-likeness (QED) is 0.647. The van der Waals surface area contributed by atoms with Crippen molar-refractivity contribution < 1.29 is 14.4 Å². The molecule has 1 N–H and O–H groups in total. The number of thioether (sulfide) groups is 1. The normalized spacial score (nSPS) is 20.6. The van der Waals surface area contributed by atoms with Crippen LogP contribution in [0.4, 0.5) is 4.79 Å². The molecule has 1 aromatic heterocycles. The fourth-order valence-electron chi connectivity index (χ4n) is 3.11. The van der Waals surface area contributed by atoms with Gasteiger partial charge in [0.15, 0.2) is 4.34 Å². The number of hydrogen-bond acceptors (Lipinski definition) is 6. The molecule has 1 atom stereocenters. The second-order valence-electron chi connectivity index (χ2n) is 5.94. The standard InChI is InChI=1S/C16H16N4O3S2/c21-13-7-17-15(23)20(13)10-5-6-19(8-10)14(22)9-24-16-18-11-3-1-2-4-12(11)25-16/h1-4,10H,5-9H2,(H,17,23). The molecule has 4 amide bonds. The second-order valence-corrected chi connectivity index (χ2v) is 8.19. The first-order valence-electron chi connectivity index (χ1n) is 7.98. The first-order chi connectivity index (χ1) is 12.1. The van der Waals surface area contributed by atoms with Crippen molar-refractivity contribution >= 4 is 51.2 Å². The summed E-state index contributed by atoms with van der Waals surface area (Å²) in [5.74, 6) is 0.110. The fraction of sp³-hybridized carbons (Fsp3) is 0.375. The van der Waals surface area contributed by atoms with Gasteiger partial charge in [0.2, 0.25) is 11.8 Å². The van der Waals surface area contributed by atoms with E-state index in [0.717, 1.165) is 14.6 Å². The molecular formula is C16H16N4O3S2. The third kappa shape index (κ3) is 3.21. The number of imide groups is 1. The molecule has 3 heterocycles. The Kier molecular flexibility index (Phi) is 4.34. The van der Waals surface area contributed by atoms with Crippen molar-refractivity contribution in [3.8, 4) is 0 Å². The van der Waals surface area contributed by atoms with Gasteiger partial charge in [-0.05, 0) is 18.6 Å². The van der Waals surface area contributed by atoms with E-state index >= 15 is 0 Å². The molecule has 0 saturated carbocycles. The number of para-hydroxylation sites is 1. The summed E-state index contributed by atoms with van der Waals surface area (Å²) in [5, 5.41) is 2.52. The lowest BCUT2D eigenvalue weighted by Gasteiger charge is -2.21. The van der Waals surface area contributed by atoms with Crippen LogP contribution < -0.4 is 5.32 Å². The number of nitrogens with one attached hydrogen (secondary N) is 1. The van der Waals surface area contributed by atoms with E-state index in [1.807, 2.05) is 24.3 Å². The number of urea groups is 1. The Hall–Kier alpha value is -2.13. The third-order valence-corrected chi connectivity index (χ3v) is 6.52. The van der Waals surface area contributed by atoms with Gasteiger partial charge < -0.3 is 10.2 Å². The molecule has 2 saturated heterocycles. The minimum atomic E-state index is -0.354. The van der Waals surface area contributed by atoms with Gasteiger partial charge in [0.25, 0.3) is 0 Å². The highest BCUT2D eigenvalue weighted by atomic mass is 32.2. The van der Waals surface area contributed by atoms with Crippen LogP contribution >= 0.6 is 23.1 Å². The molecule has 7 nitrogen and oxygen atoms in total. The van der Waals surface area contributed by atoms with Gasteiger partial charge in [0.05, 0.1) is 28.6 Å². The highest BCUT2D eigenvalue weighted by molar-refractivity contribution is 8.01. The number of carbonyl (C=O) groups excluding carboxylic acids is 3. The van der Waals surface area contributed by atoms with E-state index in [-0.39, 0.29) is 30.4 Å². The number of aromatic nitrogens is 1. The Balaban J connectivity index is 1.34. The van der Waals surface area contributed by atoms with Gasteiger partial charge in [0, 0.05) is 13.1 Å². The molecule has 4 rings (SSSR count). The molecule has 0 aliphatic carbocycles. The van der Waals surface area contributed by atoms with Gasteiger partial charge in [-0.2, -0.15) is 0 Å². The molecule has 1 aromatic carbocycles. The summed E-state index contributed by atoms with van der Waals surface area (Å²) in [5.41, 5.74) is 0.947. The van der Waals surface area contributed by atoms with E-state index in [1.165, 1.54) is 16.7 Å². The van der Waals surface area contributed by atoms with Crippen molar-refractivity contribution in [2.24, 2.45) is 0 Å². The third-order valence-electron chi connectivity index (χ3n) is 4.35. The molecule has 0 bridgehead atoms. The van der Waals surface area contributed by atoms with Gasteiger partial charge in [-0.15, -0.1) is 11.3 Å². The predicted octanol–water partition coefficient (Wildman–Crippen LogP) is 1.54. The SMILES string of the molecule is O=C(CSc1nc2ccccc2s1)N1CCC(N2C(=O)CNC2=O)C1. The largest absolute Gasteiger partial charge is 0.340 e. The van der Waals surface area contributed by atoms with Crippen molar-refractivity contribution in [3.05, 3.63) is 24.3 Å². The first-order valence-corrected chi connectivity index (χ1v) is 9.78. The van der Waals surface area contributed by atoms with Crippen LogP contribution in [-0.4, -0.2) is 64.1 Å². The van der Waals surface area contributed by atoms with Crippen molar-refractivity contribution in [3.63, 3.8) is 0 Å². The van der Waals surface area contributed by atoms with Crippen molar-refractivity contribution in [2.45, 2.75) is 16.8 Å². The average molecular weight is 376 g/mol. The van der Waals surface area contributed by atoms with Gasteiger partial charge in [-0.25, -0.2) is 9.78 Å². The fourth-order valence-corrected chi connectivity index (χ4v) is 5.08. The molecule has 1 unspecified atom stereocenters. The number of thiazole rings is 1. The first kappa shape index (κ1) is 16.3. The van der Waals surface area contributed by atoms with Crippen LogP contribution in [0.5, 0.6) is 0 Å². The monoisotopic (exact) mass is 376 g/mol. The predicted molar refractivity (Wildman–Crippen MR) is 95.6 cm³/mol. The Morgan fingerprint density at radius 1 is 1.36 bits per heavy atom. The Labute approximate surface area is 152 Å². The lowest BCUT2D eigenvalue weighted by atomic mass is 10.2. The zero-order valence-electron chi connectivity index (χ0n) is 13.3. The molecular weight excluding hydrogens is 360 g/mol. The number of nitrogens with zero attached hydrogens (tertiary/aromatic N) is 3. The van der Waals surface area contributed by atoms with Gasteiger partial charge >= 0.3 is 6.03 Å². The summed E-state index contributed by atoms with van der Waals surface area (Å²) in [6.45, 7) is 1.04. The van der Waals surface area contributed by atoms with Crippen molar-refractivity contribution in [1.29, 1.82) is 0 Å². The van der Waals surface area contributed by atoms with E-state index < -0.39 is 0 Å².